The molecule has 2 rings (SSSR count). The number of benzene rings is 1. The van der Waals surface area contributed by atoms with Crippen LogP contribution < -0.4 is 5.32 Å². The Labute approximate surface area is 116 Å². The highest BCUT2D eigenvalue weighted by atomic mass is 19.2. The minimum atomic E-state index is -0.837. The summed E-state index contributed by atoms with van der Waals surface area (Å²) >= 11 is 0. The first-order chi connectivity index (χ1) is 9.69. The molecule has 0 aliphatic heterocycles. The van der Waals surface area contributed by atoms with Gasteiger partial charge < -0.3 is 10.1 Å². The molecule has 1 aromatic heterocycles. The van der Waals surface area contributed by atoms with Crippen molar-refractivity contribution in [1.82, 2.24) is 15.1 Å². The first-order valence-electron chi connectivity index (χ1n) is 6.35. The molecule has 0 unspecified atom stereocenters. The van der Waals surface area contributed by atoms with E-state index in [1.165, 1.54) is 6.07 Å². The van der Waals surface area contributed by atoms with Gasteiger partial charge in [-0.2, -0.15) is 5.10 Å². The fourth-order valence-corrected chi connectivity index (χ4v) is 1.80. The fraction of sp³-hybridized carbons (Fsp3) is 0.357. The van der Waals surface area contributed by atoms with E-state index in [-0.39, 0.29) is 0 Å². The maximum Gasteiger partial charge on any atom is 0.159 e. The van der Waals surface area contributed by atoms with Gasteiger partial charge in [0.25, 0.3) is 0 Å². The second-order valence-corrected chi connectivity index (χ2v) is 4.42. The Morgan fingerprint density at radius 1 is 1.25 bits per heavy atom. The second-order valence-electron chi connectivity index (χ2n) is 4.42. The second kappa shape index (κ2) is 7.12. The van der Waals surface area contributed by atoms with Crippen LogP contribution in [0.1, 0.15) is 11.3 Å². The van der Waals surface area contributed by atoms with E-state index in [9.17, 15) is 8.78 Å². The molecule has 1 heterocycles. The first kappa shape index (κ1) is 14.6. The van der Waals surface area contributed by atoms with E-state index in [1.807, 2.05) is 12.3 Å². The third-order valence-electron chi connectivity index (χ3n) is 2.81. The SMILES string of the molecule is COCCNCc1ccn(Cc2ccc(F)c(F)c2)n1. The molecule has 2 aromatic rings. The van der Waals surface area contributed by atoms with Gasteiger partial charge in [-0.1, -0.05) is 6.07 Å². The van der Waals surface area contributed by atoms with Crippen molar-refractivity contribution in [2.45, 2.75) is 13.1 Å². The van der Waals surface area contributed by atoms with Crippen molar-refractivity contribution >= 4 is 0 Å². The Balaban J connectivity index is 1.90. The lowest BCUT2D eigenvalue weighted by atomic mass is 10.2. The molecule has 0 aliphatic rings. The third-order valence-corrected chi connectivity index (χ3v) is 2.81. The van der Waals surface area contributed by atoms with Gasteiger partial charge in [-0.15, -0.1) is 0 Å². The molecule has 0 spiro atoms. The van der Waals surface area contributed by atoms with E-state index in [0.29, 0.717) is 25.3 Å². The Hall–Kier alpha value is -1.79. The number of aromatic nitrogens is 2. The smallest absolute Gasteiger partial charge is 0.159 e. The summed E-state index contributed by atoms with van der Waals surface area (Å²) in [5, 5.41) is 7.54. The highest BCUT2D eigenvalue weighted by Crippen LogP contribution is 2.10. The number of nitrogens with zero attached hydrogens (tertiary/aromatic N) is 2. The molecule has 1 N–H and O–H groups in total. The fourth-order valence-electron chi connectivity index (χ4n) is 1.80. The summed E-state index contributed by atoms with van der Waals surface area (Å²) in [5.41, 5.74) is 1.56. The molecule has 0 saturated heterocycles. The van der Waals surface area contributed by atoms with Gasteiger partial charge in [-0.25, -0.2) is 8.78 Å². The van der Waals surface area contributed by atoms with E-state index < -0.39 is 11.6 Å². The maximum atomic E-state index is 13.1. The number of hydrogen-bond donors (Lipinski definition) is 1. The topological polar surface area (TPSA) is 39.1 Å². The lowest BCUT2D eigenvalue weighted by Crippen LogP contribution is -2.19. The van der Waals surface area contributed by atoms with Gasteiger partial charge in [-0.3, -0.25) is 4.68 Å². The third kappa shape index (κ3) is 4.11. The monoisotopic (exact) mass is 281 g/mol. The molecule has 20 heavy (non-hydrogen) atoms. The standard InChI is InChI=1S/C14H17F2N3O/c1-20-7-5-17-9-12-4-6-19(18-12)10-11-2-3-13(15)14(16)8-11/h2-4,6,8,17H,5,7,9-10H2,1H3. The molecule has 0 aliphatic carbocycles. The number of hydrogen-bond acceptors (Lipinski definition) is 3. The van der Waals surface area contributed by atoms with E-state index >= 15 is 0 Å². The van der Waals surface area contributed by atoms with Crippen LogP contribution >= 0.6 is 0 Å². The van der Waals surface area contributed by atoms with E-state index in [4.69, 9.17) is 4.74 Å². The summed E-state index contributed by atoms with van der Waals surface area (Å²) in [4.78, 5) is 0. The van der Waals surface area contributed by atoms with Gasteiger partial charge in [0.15, 0.2) is 11.6 Å². The maximum absolute atomic E-state index is 13.1. The quantitative estimate of drug-likeness (QED) is 0.788. The van der Waals surface area contributed by atoms with Gasteiger partial charge in [0.05, 0.1) is 18.8 Å². The van der Waals surface area contributed by atoms with Crippen LogP contribution in [0, 0.1) is 11.6 Å². The molecule has 6 heteroatoms. The molecule has 0 bridgehead atoms. The van der Waals surface area contributed by atoms with Crippen molar-refractivity contribution in [2.24, 2.45) is 0 Å². The summed E-state index contributed by atoms with van der Waals surface area (Å²) < 4.78 is 32.6. The number of rotatable bonds is 7. The largest absolute Gasteiger partial charge is 0.383 e. The van der Waals surface area contributed by atoms with Crippen molar-refractivity contribution in [3.05, 3.63) is 53.4 Å². The Kier molecular flexibility index (Phi) is 5.20. The highest BCUT2D eigenvalue weighted by Gasteiger charge is 2.04. The van der Waals surface area contributed by atoms with Crippen LogP contribution in [0.5, 0.6) is 0 Å². The van der Waals surface area contributed by atoms with Crippen molar-refractivity contribution in [1.29, 1.82) is 0 Å². The molecular formula is C14H17F2N3O. The zero-order valence-electron chi connectivity index (χ0n) is 11.3. The van der Waals surface area contributed by atoms with Crippen molar-refractivity contribution < 1.29 is 13.5 Å². The molecule has 4 nitrogen and oxygen atoms in total. The van der Waals surface area contributed by atoms with Crippen LogP contribution in [-0.4, -0.2) is 30.0 Å². The summed E-state index contributed by atoms with van der Waals surface area (Å²) in [7, 11) is 1.65. The van der Waals surface area contributed by atoms with Crippen LogP contribution in [0.25, 0.3) is 0 Å². The van der Waals surface area contributed by atoms with E-state index in [1.54, 1.807) is 17.9 Å². The van der Waals surface area contributed by atoms with Crippen molar-refractivity contribution in [3.8, 4) is 0 Å². The van der Waals surface area contributed by atoms with Crippen LogP contribution in [0.2, 0.25) is 0 Å². The molecule has 0 amide bonds. The number of ether oxygens (including phenoxy) is 1. The molecule has 0 atom stereocenters. The summed E-state index contributed by atoms with van der Waals surface area (Å²) in [6.45, 7) is 2.46. The van der Waals surface area contributed by atoms with Crippen molar-refractivity contribution in [2.75, 3.05) is 20.3 Å². The van der Waals surface area contributed by atoms with Crippen LogP contribution in [-0.2, 0) is 17.8 Å². The van der Waals surface area contributed by atoms with Crippen LogP contribution in [0.4, 0.5) is 8.78 Å². The molecule has 108 valence electrons. The van der Waals surface area contributed by atoms with Crippen molar-refractivity contribution in [3.63, 3.8) is 0 Å². The summed E-state index contributed by atoms with van der Waals surface area (Å²) in [6, 6.07) is 5.76. The molecule has 0 saturated carbocycles. The van der Waals surface area contributed by atoms with Crippen LogP contribution in [0.15, 0.2) is 30.5 Å². The van der Waals surface area contributed by atoms with Gasteiger partial charge in [0.1, 0.15) is 0 Å². The number of nitrogens with one attached hydrogen (secondary N) is 1. The average molecular weight is 281 g/mol. The lowest BCUT2D eigenvalue weighted by Gasteiger charge is -2.03. The van der Waals surface area contributed by atoms with Gasteiger partial charge >= 0.3 is 0 Å². The lowest BCUT2D eigenvalue weighted by molar-refractivity contribution is 0.199. The minimum absolute atomic E-state index is 0.412. The predicted molar refractivity (Wildman–Crippen MR) is 71.3 cm³/mol. The molecule has 1 aromatic carbocycles. The average Bonchev–Trinajstić information content (AvgIpc) is 2.87. The Bertz CT molecular complexity index is 557. The van der Waals surface area contributed by atoms with Gasteiger partial charge in [-0.05, 0) is 23.8 Å². The zero-order chi connectivity index (χ0) is 14.4. The molecular weight excluding hydrogens is 264 g/mol. The normalized spacial score (nSPS) is 10.9. The molecule has 0 fully saturated rings. The number of methoxy groups -OCH3 is 1. The zero-order valence-corrected chi connectivity index (χ0v) is 11.3. The minimum Gasteiger partial charge on any atom is -0.383 e. The van der Waals surface area contributed by atoms with E-state index in [2.05, 4.69) is 10.4 Å². The number of halogens is 2. The van der Waals surface area contributed by atoms with E-state index in [0.717, 1.165) is 18.3 Å². The van der Waals surface area contributed by atoms with Crippen LogP contribution in [0.3, 0.4) is 0 Å². The van der Waals surface area contributed by atoms with Gasteiger partial charge in [0, 0.05) is 26.4 Å². The highest BCUT2D eigenvalue weighted by molar-refractivity contribution is 5.18. The summed E-state index contributed by atoms with van der Waals surface area (Å²) in [5.74, 6) is -1.67. The Morgan fingerprint density at radius 3 is 2.85 bits per heavy atom. The molecule has 0 radical (unpaired) electrons. The van der Waals surface area contributed by atoms with Gasteiger partial charge in [0.2, 0.25) is 0 Å². The summed E-state index contributed by atoms with van der Waals surface area (Å²) in [6.07, 6.45) is 1.81. The Morgan fingerprint density at radius 2 is 2.10 bits per heavy atom. The predicted octanol–water partition coefficient (Wildman–Crippen LogP) is 1.95. The first-order valence-corrected chi connectivity index (χ1v) is 6.35.